The van der Waals surface area contributed by atoms with Gasteiger partial charge in [0.15, 0.2) is 0 Å². The largest absolute Gasteiger partial charge is 0.480 e. The number of nitrogens with one attached hydrogen (secondary N) is 2. The number of aliphatic carboxylic acids is 1. The molecule has 0 spiro atoms. The van der Waals surface area contributed by atoms with Gasteiger partial charge in [0.2, 0.25) is 5.95 Å². The van der Waals surface area contributed by atoms with Crippen LogP contribution in [0, 0.1) is 0 Å². The molecule has 4 aliphatic rings. The molecule has 1 unspecified atom stereocenters. The standard InChI is InChI=1S/C25H35N5O2/c31-24(32)15-26-25-28-22-9-1-2-10-23(22)30(25)21-13-18-7-4-8-19(14-21)29(18)20-11-16-5-3-6-17(12-20)27-16/h1-2,9-10,16-21,27H,3-8,11-15H2,(H,26,28)(H,31,32)/t16-,17+,18-,19+,20-,21?. The van der Waals surface area contributed by atoms with Crippen LogP contribution in [-0.2, 0) is 4.79 Å². The first-order chi connectivity index (χ1) is 15.7. The number of hydrogen-bond acceptors (Lipinski definition) is 5. The van der Waals surface area contributed by atoms with Crippen LogP contribution in [-0.4, -0.2) is 62.3 Å². The molecule has 7 nitrogen and oxygen atoms in total. The Bertz CT molecular complexity index is 964. The Morgan fingerprint density at radius 2 is 1.66 bits per heavy atom. The van der Waals surface area contributed by atoms with Crippen molar-refractivity contribution in [1.29, 1.82) is 0 Å². The summed E-state index contributed by atoms with van der Waals surface area (Å²) in [7, 11) is 0. The second-order valence-electron chi connectivity index (χ2n) is 10.5. The summed E-state index contributed by atoms with van der Waals surface area (Å²) >= 11 is 0. The maximum Gasteiger partial charge on any atom is 0.322 e. The zero-order valence-corrected chi connectivity index (χ0v) is 18.7. The van der Waals surface area contributed by atoms with Crippen LogP contribution in [0.4, 0.5) is 5.95 Å². The maximum absolute atomic E-state index is 11.2. The molecule has 4 fully saturated rings. The van der Waals surface area contributed by atoms with Crippen LogP contribution >= 0.6 is 0 Å². The van der Waals surface area contributed by atoms with E-state index < -0.39 is 5.97 Å². The molecule has 0 aliphatic carbocycles. The minimum atomic E-state index is -0.855. The summed E-state index contributed by atoms with van der Waals surface area (Å²) in [6.45, 7) is -0.104. The predicted molar refractivity (Wildman–Crippen MR) is 125 cm³/mol. The van der Waals surface area contributed by atoms with Gasteiger partial charge in [-0.25, -0.2) is 4.98 Å². The van der Waals surface area contributed by atoms with Crippen LogP contribution < -0.4 is 10.6 Å². The summed E-state index contributed by atoms with van der Waals surface area (Å²) in [5.74, 6) is -0.145. The lowest BCUT2D eigenvalue weighted by Crippen LogP contribution is -2.62. The van der Waals surface area contributed by atoms with E-state index >= 15 is 0 Å². The molecule has 4 aliphatic heterocycles. The van der Waals surface area contributed by atoms with Gasteiger partial charge in [-0.2, -0.15) is 0 Å². The number of piperidine rings is 4. The van der Waals surface area contributed by atoms with Crippen LogP contribution in [0.15, 0.2) is 24.3 Å². The average Bonchev–Trinajstić information content (AvgIpc) is 3.15. The van der Waals surface area contributed by atoms with Crippen molar-refractivity contribution in [3.63, 3.8) is 0 Å². The Morgan fingerprint density at radius 3 is 2.38 bits per heavy atom. The van der Waals surface area contributed by atoms with Gasteiger partial charge in [-0.15, -0.1) is 0 Å². The number of rotatable bonds is 5. The highest BCUT2D eigenvalue weighted by atomic mass is 16.4. The number of carbonyl (C=O) groups is 1. The van der Waals surface area contributed by atoms with Crippen molar-refractivity contribution in [1.82, 2.24) is 19.8 Å². The molecule has 1 aromatic carbocycles. The van der Waals surface area contributed by atoms with Gasteiger partial charge in [0.25, 0.3) is 0 Å². The molecule has 6 rings (SSSR count). The lowest BCUT2D eigenvalue weighted by Gasteiger charge is -2.55. The smallest absolute Gasteiger partial charge is 0.322 e. The van der Waals surface area contributed by atoms with Gasteiger partial charge in [0.05, 0.1) is 11.0 Å². The van der Waals surface area contributed by atoms with E-state index in [1.807, 2.05) is 12.1 Å². The molecular formula is C25H35N5O2. The van der Waals surface area contributed by atoms with Crippen molar-refractivity contribution in [3.8, 4) is 0 Å². The van der Waals surface area contributed by atoms with Gasteiger partial charge < -0.3 is 20.3 Å². The Balaban J connectivity index is 1.28. The quantitative estimate of drug-likeness (QED) is 0.661. The minimum absolute atomic E-state index is 0.104. The van der Waals surface area contributed by atoms with Gasteiger partial charge in [-0.05, 0) is 63.5 Å². The SMILES string of the molecule is O=C(O)CNc1nc2ccccc2n1C1C[C@H]2CCC[C@@H](C1)N2[C@@H]1C[C@H]2CCC[C@@H](C1)N2. The van der Waals surface area contributed by atoms with Gasteiger partial charge >= 0.3 is 5.97 Å². The van der Waals surface area contributed by atoms with Crippen LogP contribution in [0.25, 0.3) is 11.0 Å². The molecule has 0 saturated carbocycles. The molecule has 5 heterocycles. The monoisotopic (exact) mass is 437 g/mol. The first kappa shape index (κ1) is 20.5. The fourth-order valence-electron chi connectivity index (χ4n) is 7.37. The lowest BCUT2D eigenvalue weighted by molar-refractivity contribution is -0.134. The van der Waals surface area contributed by atoms with Gasteiger partial charge in [0.1, 0.15) is 6.54 Å². The van der Waals surface area contributed by atoms with Gasteiger partial charge in [-0.1, -0.05) is 25.0 Å². The Morgan fingerprint density at radius 1 is 0.969 bits per heavy atom. The number of carboxylic acid groups (broad SMARTS) is 1. The molecule has 1 aromatic heterocycles. The molecule has 6 atom stereocenters. The fourth-order valence-corrected chi connectivity index (χ4v) is 7.37. The highest BCUT2D eigenvalue weighted by Gasteiger charge is 2.45. The van der Waals surface area contributed by atoms with Gasteiger partial charge in [0, 0.05) is 36.3 Å². The first-order valence-electron chi connectivity index (χ1n) is 12.6. The summed E-state index contributed by atoms with van der Waals surface area (Å²) in [4.78, 5) is 18.9. The second kappa shape index (κ2) is 8.34. The summed E-state index contributed by atoms with van der Waals surface area (Å²) in [6.07, 6.45) is 12.9. The number of para-hydroxylation sites is 2. The molecule has 7 heteroatoms. The highest BCUT2D eigenvalue weighted by Crippen LogP contribution is 2.45. The molecule has 4 saturated heterocycles. The number of hydrogen-bond donors (Lipinski definition) is 3. The summed E-state index contributed by atoms with van der Waals surface area (Å²) in [5, 5.41) is 16.2. The third-order valence-electron chi connectivity index (χ3n) is 8.48. The van der Waals surface area contributed by atoms with Crippen molar-refractivity contribution >= 4 is 23.0 Å². The van der Waals surface area contributed by atoms with Crippen molar-refractivity contribution in [2.45, 2.75) is 100 Å². The number of carboxylic acids is 1. The number of aromatic nitrogens is 2. The number of imidazole rings is 1. The van der Waals surface area contributed by atoms with E-state index in [2.05, 4.69) is 32.2 Å². The van der Waals surface area contributed by atoms with Crippen molar-refractivity contribution in [2.75, 3.05) is 11.9 Å². The molecule has 0 amide bonds. The van der Waals surface area contributed by atoms with E-state index in [0.29, 0.717) is 24.1 Å². The zero-order valence-electron chi connectivity index (χ0n) is 18.7. The molecule has 4 bridgehead atoms. The van der Waals surface area contributed by atoms with Gasteiger partial charge in [-0.3, -0.25) is 9.69 Å². The van der Waals surface area contributed by atoms with E-state index in [9.17, 15) is 9.90 Å². The molecule has 172 valence electrons. The molecule has 3 N–H and O–H groups in total. The van der Waals surface area contributed by atoms with Crippen molar-refractivity contribution < 1.29 is 9.90 Å². The van der Waals surface area contributed by atoms with E-state index in [-0.39, 0.29) is 6.54 Å². The van der Waals surface area contributed by atoms with Crippen molar-refractivity contribution in [2.24, 2.45) is 0 Å². The second-order valence-corrected chi connectivity index (χ2v) is 10.5. The minimum Gasteiger partial charge on any atom is -0.480 e. The number of benzene rings is 1. The third kappa shape index (κ3) is 3.69. The first-order valence-corrected chi connectivity index (χ1v) is 12.6. The van der Waals surface area contributed by atoms with E-state index in [0.717, 1.165) is 42.0 Å². The fraction of sp³-hybridized carbons (Fsp3) is 0.680. The number of anilines is 1. The molecular weight excluding hydrogens is 402 g/mol. The van der Waals surface area contributed by atoms with Crippen LogP contribution in [0.1, 0.15) is 70.3 Å². The molecule has 32 heavy (non-hydrogen) atoms. The Kier molecular flexibility index (Phi) is 5.34. The summed E-state index contributed by atoms with van der Waals surface area (Å²) in [6, 6.07) is 12.0. The molecule has 2 aromatic rings. The zero-order chi connectivity index (χ0) is 21.7. The Hall–Kier alpha value is -2.12. The number of fused-ring (bicyclic) bond motifs is 5. The van der Waals surface area contributed by atoms with Crippen molar-refractivity contribution in [3.05, 3.63) is 24.3 Å². The average molecular weight is 438 g/mol. The van der Waals surface area contributed by atoms with E-state index in [4.69, 9.17) is 4.98 Å². The summed E-state index contributed by atoms with van der Waals surface area (Å²) in [5.41, 5.74) is 2.06. The van der Waals surface area contributed by atoms with Crippen LogP contribution in [0.3, 0.4) is 0 Å². The lowest BCUT2D eigenvalue weighted by atomic mass is 9.76. The predicted octanol–water partition coefficient (Wildman–Crippen LogP) is 3.76. The highest BCUT2D eigenvalue weighted by molar-refractivity contribution is 5.80. The maximum atomic E-state index is 11.2. The topological polar surface area (TPSA) is 82.4 Å². The van der Waals surface area contributed by atoms with E-state index in [1.54, 1.807) is 0 Å². The number of nitrogens with zero attached hydrogens (tertiary/aromatic N) is 3. The summed E-state index contributed by atoms with van der Waals surface area (Å²) < 4.78 is 2.32. The van der Waals surface area contributed by atoms with Crippen LogP contribution in [0.5, 0.6) is 0 Å². The normalized spacial score (nSPS) is 35.0. The van der Waals surface area contributed by atoms with E-state index in [1.165, 1.54) is 51.4 Å². The molecule has 0 radical (unpaired) electrons. The van der Waals surface area contributed by atoms with Crippen LogP contribution in [0.2, 0.25) is 0 Å². The Labute approximate surface area is 189 Å². The third-order valence-corrected chi connectivity index (χ3v) is 8.48.